The summed E-state index contributed by atoms with van der Waals surface area (Å²) in [5.74, 6) is 2.50. The summed E-state index contributed by atoms with van der Waals surface area (Å²) < 4.78 is 80.1. The first-order chi connectivity index (χ1) is 28.5. The molecule has 1 unspecified atom stereocenters. The fourth-order valence-corrected chi connectivity index (χ4v) is 9.12. The third-order valence-corrected chi connectivity index (χ3v) is 11.7. The van der Waals surface area contributed by atoms with Crippen molar-refractivity contribution in [3.05, 3.63) is 99.5 Å². The van der Waals surface area contributed by atoms with Crippen LogP contribution in [-0.2, 0) is 24.1 Å². The Morgan fingerprint density at radius 1 is 0.950 bits per heavy atom. The van der Waals surface area contributed by atoms with E-state index in [1.807, 2.05) is 61.8 Å². The van der Waals surface area contributed by atoms with Crippen LogP contribution in [0.3, 0.4) is 0 Å². The number of anilines is 3. The first-order valence-electron chi connectivity index (χ1n) is 19.5. The van der Waals surface area contributed by atoms with Gasteiger partial charge in [0, 0.05) is 24.7 Å². The molecule has 5 heterocycles. The van der Waals surface area contributed by atoms with Gasteiger partial charge in [-0.25, -0.2) is 19.2 Å². The van der Waals surface area contributed by atoms with Crippen LogP contribution in [0.1, 0.15) is 49.9 Å². The predicted molar refractivity (Wildman–Crippen MR) is 225 cm³/mol. The van der Waals surface area contributed by atoms with Crippen molar-refractivity contribution in [3.63, 3.8) is 0 Å². The van der Waals surface area contributed by atoms with E-state index in [2.05, 4.69) is 15.9 Å². The van der Waals surface area contributed by atoms with E-state index >= 15 is 17.6 Å². The highest BCUT2D eigenvalue weighted by molar-refractivity contribution is 6.34. The Morgan fingerprint density at radius 3 is 2.12 bits per heavy atom. The van der Waals surface area contributed by atoms with Gasteiger partial charge in [0.25, 0.3) is 0 Å². The van der Waals surface area contributed by atoms with Gasteiger partial charge in [0.2, 0.25) is 5.88 Å². The van der Waals surface area contributed by atoms with Crippen molar-refractivity contribution < 1.29 is 36.6 Å². The molecular weight excluding hydrogens is 800 g/mol. The first kappa shape index (κ1) is 40.9. The van der Waals surface area contributed by atoms with Gasteiger partial charge in [-0.3, -0.25) is 4.99 Å². The summed E-state index contributed by atoms with van der Waals surface area (Å²) in [6.45, 7) is 10.3. The number of aryl methyl sites for hydroxylation is 1. The summed E-state index contributed by atoms with van der Waals surface area (Å²) >= 11 is 7.05. The summed E-state index contributed by atoms with van der Waals surface area (Å²) in [6.07, 6.45) is -3.25. The van der Waals surface area contributed by atoms with Crippen LogP contribution in [-0.4, -0.2) is 67.6 Å². The molecule has 3 aromatic carbocycles. The van der Waals surface area contributed by atoms with Crippen LogP contribution < -0.4 is 28.9 Å². The minimum absolute atomic E-state index is 0.0315. The Balaban J connectivity index is 1.36. The van der Waals surface area contributed by atoms with Crippen molar-refractivity contribution in [2.24, 2.45) is 10.4 Å². The van der Waals surface area contributed by atoms with Crippen LogP contribution in [0.15, 0.2) is 71.4 Å². The number of hydrogen-bond donors (Lipinski definition) is 0. The molecule has 0 saturated carbocycles. The average molecular weight is 843 g/mol. The van der Waals surface area contributed by atoms with E-state index in [4.69, 9.17) is 30.8 Å². The second-order valence-electron chi connectivity index (χ2n) is 16.3. The molecule has 312 valence electrons. The van der Waals surface area contributed by atoms with E-state index in [1.54, 1.807) is 49.6 Å². The highest BCUT2D eigenvalue weighted by Crippen LogP contribution is 2.55. The first-order valence-corrected chi connectivity index (χ1v) is 19.8. The minimum atomic E-state index is -4.95. The van der Waals surface area contributed by atoms with Gasteiger partial charge in [0.05, 0.1) is 60.4 Å². The summed E-state index contributed by atoms with van der Waals surface area (Å²) in [7, 11) is 3.12. The maximum Gasteiger partial charge on any atom is 0.418 e. The zero-order chi connectivity index (χ0) is 42.8. The minimum Gasteiger partial charge on any atom is -0.497 e. The Morgan fingerprint density at radius 2 is 1.57 bits per heavy atom. The van der Waals surface area contributed by atoms with Crippen molar-refractivity contribution in [2.45, 2.75) is 72.0 Å². The van der Waals surface area contributed by atoms with E-state index in [1.165, 1.54) is 19.1 Å². The lowest BCUT2D eigenvalue weighted by Crippen LogP contribution is -2.62. The standard InChI is InChI=1S/C45H43ClF4N6O4/c1-24-18-34(54(21-26-8-12-28(58-6)13-9-26)22-27-10-14-29(59-7)15-11-27)52-39(36(24)45(48,49)50)35-31(46)19-30-38(37(35)47)53-43-41-40(30)56-32(33(23-57)55(41)16-17-60-43)20-51-25(2)42(56)44(3,4)5/h8-15,18-20,25,32,42H,16-17,21-22H2,1-7H3/t25-,32+,42?/m1/s1. The monoisotopic (exact) mass is 842 g/mol. The van der Waals surface area contributed by atoms with Gasteiger partial charge < -0.3 is 28.9 Å². The summed E-state index contributed by atoms with van der Waals surface area (Å²) in [4.78, 5) is 32.3. The van der Waals surface area contributed by atoms with Crippen molar-refractivity contribution >= 4 is 51.9 Å². The van der Waals surface area contributed by atoms with E-state index in [9.17, 15) is 4.79 Å². The van der Waals surface area contributed by atoms with E-state index in [0.717, 1.165) is 11.1 Å². The van der Waals surface area contributed by atoms with Crippen LogP contribution in [0.4, 0.5) is 34.8 Å². The molecule has 0 bridgehead atoms. The quantitative estimate of drug-likeness (QED) is 0.112. The number of hydrogen-bond acceptors (Lipinski definition) is 10. The Hall–Kier alpha value is -5.85. The molecule has 3 atom stereocenters. The molecule has 0 radical (unpaired) electrons. The average Bonchev–Trinajstić information content (AvgIpc) is 3.20. The smallest absolute Gasteiger partial charge is 0.418 e. The fraction of sp³-hybridized carbons (Fsp3) is 0.356. The second-order valence-corrected chi connectivity index (χ2v) is 16.7. The summed E-state index contributed by atoms with van der Waals surface area (Å²) in [5.41, 5.74) is -0.320. The number of alkyl halides is 3. The maximum atomic E-state index is 17.7. The number of pyridine rings is 2. The number of nitrogens with zero attached hydrogens (tertiary/aromatic N) is 6. The molecule has 0 aliphatic carbocycles. The summed E-state index contributed by atoms with van der Waals surface area (Å²) in [6, 6.07) is 16.2. The van der Waals surface area contributed by atoms with Crippen LogP contribution in [0.25, 0.3) is 22.2 Å². The lowest BCUT2D eigenvalue weighted by molar-refractivity contribution is -0.137. The molecule has 0 N–H and O–H groups in total. The maximum absolute atomic E-state index is 17.7. The lowest BCUT2D eigenvalue weighted by atomic mass is 9.78. The van der Waals surface area contributed by atoms with Crippen LogP contribution in [0.2, 0.25) is 5.02 Å². The van der Waals surface area contributed by atoms with E-state index in [0.29, 0.717) is 28.6 Å². The van der Waals surface area contributed by atoms with E-state index < -0.39 is 40.3 Å². The van der Waals surface area contributed by atoms with Gasteiger partial charge in [-0.05, 0) is 72.4 Å². The van der Waals surface area contributed by atoms with Crippen LogP contribution in [0.5, 0.6) is 17.4 Å². The molecule has 3 aliphatic rings. The number of fused-ring (bicyclic) bond motifs is 4. The normalized spacial score (nSPS) is 18.5. The Labute approximate surface area is 350 Å². The molecule has 15 heteroatoms. The van der Waals surface area contributed by atoms with Gasteiger partial charge in [0.1, 0.15) is 52.8 Å². The van der Waals surface area contributed by atoms with Crippen molar-refractivity contribution in [1.82, 2.24) is 9.97 Å². The molecule has 8 rings (SSSR count). The van der Waals surface area contributed by atoms with Gasteiger partial charge in [-0.15, -0.1) is 0 Å². The molecule has 10 nitrogen and oxygen atoms in total. The molecule has 0 saturated heterocycles. The van der Waals surface area contributed by atoms with Gasteiger partial charge in [-0.1, -0.05) is 56.6 Å². The van der Waals surface area contributed by atoms with Crippen LogP contribution in [0, 0.1) is 18.2 Å². The number of aliphatic imine (C=N–C) groups is 1. The van der Waals surface area contributed by atoms with Crippen molar-refractivity contribution in [2.75, 3.05) is 42.1 Å². The largest absolute Gasteiger partial charge is 0.497 e. The highest BCUT2D eigenvalue weighted by Gasteiger charge is 2.50. The number of aromatic nitrogens is 2. The van der Waals surface area contributed by atoms with Gasteiger partial charge in [0.15, 0.2) is 5.82 Å². The molecular formula is C45H43ClF4N6O4. The zero-order valence-corrected chi connectivity index (χ0v) is 34.9. The van der Waals surface area contributed by atoms with Crippen LogP contribution >= 0.6 is 11.6 Å². The second kappa shape index (κ2) is 15.3. The molecule has 2 aromatic heterocycles. The highest BCUT2D eigenvalue weighted by atomic mass is 35.5. The molecule has 0 fully saturated rings. The third kappa shape index (κ3) is 7.05. The molecule has 0 amide bonds. The van der Waals surface area contributed by atoms with Crippen molar-refractivity contribution in [1.29, 1.82) is 0 Å². The third-order valence-electron chi connectivity index (χ3n) is 11.4. The molecule has 5 aromatic rings. The van der Waals surface area contributed by atoms with E-state index in [-0.39, 0.29) is 71.5 Å². The fourth-order valence-electron chi connectivity index (χ4n) is 8.84. The number of benzene rings is 3. The predicted octanol–water partition coefficient (Wildman–Crippen LogP) is 9.63. The Kier molecular flexibility index (Phi) is 10.4. The number of methoxy groups -OCH3 is 2. The van der Waals surface area contributed by atoms with Gasteiger partial charge >= 0.3 is 6.18 Å². The molecule has 0 spiro atoms. The molecule has 3 aliphatic heterocycles. The summed E-state index contributed by atoms with van der Waals surface area (Å²) in [5, 5.41) is -0.0590. The lowest BCUT2D eigenvalue weighted by Gasteiger charge is -2.54. The SMILES string of the molecule is COc1ccc(CN(Cc2ccc(OC)cc2)c2cc(C)c(C(F)(F)F)c(-c3c(Cl)cc4c5c6c(nc4c3F)OCCN6C(=C=O)[C@@H]3C=N[C@H](C)C(C(C)(C)C)N53)n2)cc1. The Bertz CT molecular complexity index is 2520. The van der Waals surface area contributed by atoms with Gasteiger partial charge in [-0.2, -0.15) is 13.2 Å². The zero-order valence-electron chi connectivity index (χ0n) is 34.1. The topological polar surface area (TPSA) is 92.6 Å². The number of halogens is 5. The number of rotatable bonds is 8. The van der Waals surface area contributed by atoms with Crippen molar-refractivity contribution in [3.8, 4) is 28.6 Å². The number of carbonyl (C=O) groups excluding carboxylic acids is 1. The number of ether oxygens (including phenoxy) is 3. The molecule has 60 heavy (non-hydrogen) atoms.